The van der Waals surface area contributed by atoms with Gasteiger partial charge in [-0.3, -0.25) is 0 Å². The lowest BCUT2D eigenvalue weighted by atomic mass is 9.95. The lowest BCUT2D eigenvalue weighted by Gasteiger charge is -2.36. The number of hydrogen-bond acceptors (Lipinski definition) is 3. The zero-order chi connectivity index (χ0) is 13.8. The lowest BCUT2D eigenvalue weighted by Crippen LogP contribution is -2.37. The van der Waals surface area contributed by atoms with Crippen molar-refractivity contribution in [3.05, 3.63) is 29.8 Å². The number of rotatable bonds is 4. The predicted molar refractivity (Wildman–Crippen MR) is 82.5 cm³/mol. The molecule has 0 saturated carbocycles. The van der Waals surface area contributed by atoms with E-state index in [0.29, 0.717) is 0 Å². The first-order chi connectivity index (χ1) is 9.08. The fraction of sp³-hybridized carbons (Fsp3) is 0.625. The second kappa shape index (κ2) is 6.40. The minimum Gasteiger partial charge on any atom is -0.371 e. The zero-order valence-corrected chi connectivity index (χ0v) is 12.5. The molecule has 3 heteroatoms. The maximum absolute atomic E-state index is 6.08. The van der Waals surface area contributed by atoms with Crippen LogP contribution in [0.5, 0.6) is 0 Å². The highest BCUT2D eigenvalue weighted by molar-refractivity contribution is 5.55. The number of hydrogen-bond donors (Lipinski definition) is 1. The fourth-order valence-electron chi connectivity index (χ4n) is 3.03. The van der Waals surface area contributed by atoms with E-state index in [1.807, 2.05) is 0 Å². The van der Waals surface area contributed by atoms with E-state index >= 15 is 0 Å². The molecule has 0 bridgehead atoms. The van der Waals surface area contributed by atoms with Crippen LogP contribution in [0, 0.1) is 5.92 Å². The summed E-state index contributed by atoms with van der Waals surface area (Å²) in [5.41, 5.74) is 8.69. The molecule has 106 valence electrons. The van der Waals surface area contributed by atoms with Gasteiger partial charge in [0.2, 0.25) is 0 Å². The highest BCUT2D eigenvalue weighted by atomic mass is 15.1. The SMILES string of the molecule is C[C@H](N)c1ccccc1N1CCC(CN(C)C)CC1. The molecule has 3 nitrogen and oxygen atoms in total. The van der Waals surface area contributed by atoms with Crippen molar-refractivity contribution < 1.29 is 0 Å². The maximum Gasteiger partial charge on any atom is 0.0414 e. The van der Waals surface area contributed by atoms with E-state index in [-0.39, 0.29) is 6.04 Å². The molecular weight excluding hydrogens is 234 g/mol. The van der Waals surface area contributed by atoms with Crippen molar-refractivity contribution in [1.29, 1.82) is 0 Å². The first kappa shape index (κ1) is 14.4. The third kappa shape index (κ3) is 3.71. The normalized spacial score (nSPS) is 18.9. The van der Waals surface area contributed by atoms with Crippen LogP contribution in [0.1, 0.15) is 31.4 Å². The molecule has 0 aliphatic carbocycles. The molecule has 2 rings (SSSR count). The van der Waals surface area contributed by atoms with Gasteiger partial charge in [0.15, 0.2) is 0 Å². The van der Waals surface area contributed by atoms with Crippen molar-refractivity contribution in [2.45, 2.75) is 25.8 Å². The average Bonchev–Trinajstić information content (AvgIpc) is 2.39. The van der Waals surface area contributed by atoms with Crippen molar-refractivity contribution >= 4 is 5.69 Å². The van der Waals surface area contributed by atoms with Crippen molar-refractivity contribution in [2.75, 3.05) is 38.6 Å². The van der Waals surface area contributed by atoms with E-state index in [9.17, 15) is 0 Å². The summed E-state index contributed by atoms with van der Waals surface area (Å²) in [6, 6.07) is 8.68. The van der Waals surface area contributed by atoms with Gasteiger partial charge in [0, 0.05) is 31.4 Å². The van der Waals surface area contributed by atoms with Gasteiger partial charge in [0.25, 0.3) is 0 Å². The monoisotopic (exact) mass is 261 g/mol. The van der Waals surface area contributed by atoms with Crippen LogP contribution in [0.3, 0.4) is 0 Å². The van der Waals surface area contributed by atoms with E-state index in [4.69, 9.17) is 5.73 Å². The van der Waals surface area contributed by atoms with E-state index in [1.165, 1.54) is 30.6 Å². The largest absolute Gasteiger partial charge is 0.371 e. The molecule has 1 aromatic rings. The van der Waals surface area contributed by atoms with Crippen molar-refractivity contribution in [2.24, 2.45) is 11.7 Å². The van der Waals surface area contributed by atoms with Crippen LogP contribution < -0.4 is 10.6 Å². The van der Waals surface area contributed by atoms with Crippen LogP contribution >= 0.6 is 0 Å². The molecule has 1 aromatic carbocycles. The smallest absolute Gasteiger partial charge is 0.0414 e. The summed E-state index contributed by atoms with van der Waals surface area (Å²) in [5.74, 6) is 0.841. The summed E-state index contributed by atoms with van der Waals surface area (Å²) in [5, 5.41) is 0. The Morgan fingerprint density at radius 1 is 1.26 bits per heavy atom. The van der Waals surface area contributed by atoms with Crippen molar-refractivity contribution in [1.82, 2.24) is 4.90 Å². The number of para-hydroxylation sites is 1. The highest BCUT2D eigenvalue weighted by Gasteiger charge is 2.21. The fourth-order valence-corrected chi connectivity index (χ4v) is 3.03. The van der Waals surface area contributed by atoms with E-state index < -0.39 is 0 Å². The Morgan fingerprint density at radius 3 is 2.47 bits per heavy atom. The van der Waals surface area contributed by atoms with Gasteiger partial charge in [-0.2, -0.15) is 0 Å². The Balaban J connectivity index is 2.02. The Morgan fingerprint density at radius 2 is 1.89 bits per heavy atom. The summed E-state index contributed by atoms with van der Waals surface area (Å²) >= 11 is 0. The van der Waals surface area contributed by atoms with Crippen molar-refractivity contribution in [3.63, 3.8) is 0 Å². The third-order valence-electron chi connectivity index (χ3n) is 4.01. The Labute approximate surface area is 117 Å². The minimum atomic E-state index is 0.107. The van der Waals surface area contributed by atoms with Crippen LogP contribution in [-0.4, -0.2) is 38.6 Å². The number of piperidine rings is 1. The molecule has 1 atom stereocenters. The van der Waals surface area contributed by atoms with Gasteiger partial charge in [-0.25, -0.2) is 0 Å². The molecule has 1 aliphatic rings. The summed E-state index contributed by atoms with van der Waals surface area (Å²) in [4.78, 5) is 4.81. The van der Waals surface area contributed by atoms with Crippen LogP contribution in [0.15, 0.2) is 24.3 Å². The van der Waals surface area contributed by atoms with Crippen molar-refractivity contribution in [3.8, 4) is 0 Å². The minimum absolute atomic E-state index is 0.107. The van der Waals surface area contributed by atoms with Crippen LogP contribution in [0.4, 0.5) is 5.69 Å². The molecule has 1 fully saturated rings. The Hall–Kier alpha value is -1.06. The number of benzene rings is 1. The van der Waals surface area contributed by atoms with Gasteiger partial charge >= 0.3 is 0 Å². The Bertz CT molecular complexity index is 393. The molecule has 1 heterocycles. The standard InChI is InChI=1S/C16H27N3/c1-13(17)15-6-4-5-7-16(15)19-10-8-14(9-11-19)12-18(2)3/h4-7,13-14H,8-12,17H2,1-3H3/t13-/m0/s1. The lowest BCUT2D eigenvalue weighted by molar-refractivity contribution is 0.285. The molecule has 19 heavy (non-hydrogen) atoms. The van der Waals surface area contributed by atoms with Gasteiger partial charge in [0.05, 0.1) is 0 Å². The first-order valence-corrected chi connectivity index (χ1v) is 7.32. The van der Waals surface area contributed by atoms with Gasteiger partial charge in [0.1, 0.15) is 0 Å². The first-order valence-electron chi connectivity index (χ1n) is 7.32. The van der Waals surface area contributed by atoms with Crippen LogP contribution in [0.25, 0.3) is 0 Å². The number of nitrogens with two attached hydrogens (primary N) is 1. The summed E-state index contributed by atoms with van der Waals surface area (Å²) in [6.45, 7) is 5.59. The molecule has 0 unspecified atom stereocenters. The summed E-state index contributed by atoms with van der Waals surface area (Å²) in [7, 11) is 4.33. The van der Waals surface area contributed by atoms with E-state index in [1.54, 1.807) is 0 Å². The molecule has 2 N–H and O–H groups in total. The highest BCUT2D eigenvalue weighted by Crippen LogP contribution is 2.29. The second-order valence-electron chi connectivity index (χ2n) is 6.04. The molecule has 0 aromatic heterocycles. The maximum atomic E-state index is 6.08. The average molecular weight is 261 g/mol. The molecular formula is C16H27N3. The van der Waals surface area contributed by atoms with Gasteiger partial charge < -0.3 is 15.5 Å². The Kier molecular flexibility index (Phi) is 4.83. The molecule has 0 radical (unpaired) electrons. The van der Waals surface area contributed by atoms with Crippen LogP contribution in [0.2, 0.25) is 0 Å². The topological polar surface area (TPSA) is 32.5 Å². The zero-order valence-electron chi connectivity index (χ0n) is 12.5. The van der Waals surface area contributed by atoms with Crippen LogP contribution in [-0.2, 0) is 0 Å². The third-order valence-corrected chi connectivity index (χ3v) is 4.01. The van der Waals surface area contributed by atoms with Gasteiger partial charge in [-0.05, 0) is 51.4 Å². The number of nitrogens with zero attached hydrogens (tertiary/aromatic N) is 2. The molecule has 1 saturated heterocycles. The van der Waals surface area contributed by atoms with Gasteiger partial charge in [-0.1, -0.05) is 18.2 Å². The summed E-state index contributed by atoms with van der Waals surface area (Å²) < 4.78 is 0. The van der Waals surface area contributed by atoms with Gasteiger partial charge in [-0.15, -0.1) is 0 Å². The van der Waals surface area contributed by atoms with E-state index in [2.05, 4.69) is 55.1 Å². The quantitative estimate of drug-likeness (QED) is 0.904. The second-order valence-corrected chi connectivity index (χ2v) is 6.04. The predicted octanol–water partition coefficient (Wildman–Crippen LogP) is 2.48. The molecule has 1 aliphatic heterocycles. The molecule has 0 spiro atoms. The molecule has 0 amide bonds. The van der Waals surface area contributed by atoms with E-state index in [0.717, 1.165) is 19.0 Å². The number of anilines is 1. The summed E-state index contributed by atoms with van der Waals surface area (Å²) in [6.07, 6.45) is 2.57.